The molecule has 1 amide bonds. The van der Waals surface area contributed by atoms with Crippen LogP contribution in [0.25, 0.3) is 0 Å². The van der Waals surface area contributed by atoms with E-state index in [1.807, 2.05) is 0 Å². The van der Waals surface area contributed by atoms with Gasteiger partial charge in [-0.2, -0.15) is 0 Å². The van der Waals surface area contributed by atoms with Crippen molar-refractivity contribution in [1.82, 2.24) is 10.6 Å². The quantitative estimate of drug-likeness (QED) is 0.785. The van der Waals surface area contributed by atoms with Crippen molar-refractivity contribution in [2.24, 2.45) is 5.92 Å². The second kappa shape index (κ2) is 6.08. The van der Waals surface area contributed by atoms with E-state index in [0.29, 0.717) is 28.8 Å². The lowest BCUT2D eigenvalue weighted by Gasteiger charge is -2.27. The van der Waals surface area contributed by atoms with Gasteiger partial charge in [-0.05, 0) is 34.7 Å². The minimum absolute atomic E-state index is 0.142. The highest BCUT2D eigenvalue weighted by Gasteiger charge is 2.19. The predicted octanol–water partition coefficient (Wildman–Crippen LogP) is 1.90. The molecular formula is C12H14ClIN2O2. The van der Waals surface area contributed by atoms with Gasteiger partial charge in [0.15, 0.2) is 0 Å². The highest BCUT2D eigenvalue weighted by Crippen LogP contribution is 2.28. The van der Waals surface area contributed by atoms with Gasteiger partial charge in [-0.25, -0.2) is 0 Å². The standard InChI is InChI=1S/C12H14ClIN2O2/c1-18-11-3-10(14)9(13)2-8(11)12(17)16-6-7-4-15-5-7/h2-3,7,15H,4-6H2,1H3,(H,16,17). The molecule has 0 spiro atoms. The maximum absolute atomic E-state index is 12.1. The molecule has 1 saturated heterocycles. The Bertz CT molecular complexity index is 464. The van der Waals surface area contributed by atoms with Gasteiger partial charge in [-0.3, -0.25) is 4.79 Å². The average molecular weight is 381 g/mol. The van der Waals surface area contributed by atoms with Crippen LogP contribution in [0.15, 0.2) is 12.1 Å². The zero-order chi connectivity index (χ0) is 13.1. The summed E-state index contributed by atoms with van der Waals surface area (Å²) in [4.78, 5) is 12.1. The van der Waals surface area contributed by atoms with Gasteiger partial charge in [0.1, 0.15) is 5.75 Å². The Kier molecular flexibility index (Phi) is 4.69. The van der Waals surface area contributed by atoms with Gasteiger partial charge in [-0.1, -0.05) is 11.6 Å². The van der Waals surface area contributed by atoms with Crippen molar-refractivity contribution in [2.45, 2.75) is 0 Å². The van der Waals surface area contributed by atoms with Crippen LogP contribution >= 0.6 is 34.2 Å². The summed E-state index contributed by atoms with van der Waals surface area (Å²) in [6, 6.07) is 3.42. The van der Waals surface area contributed by atoms with Gasteiger partial charge < -0.3 is 15.4 Å². The monoisotopic (exact) mass is 380 g/mol. The van der Waals surface area contributed by atoms with Crippen LogP contribution in [0.5, 0.6) is 5.75 Å². The molecule has 1 aliphatic rings. The van der Waals surface area contributed by atoms with Gasteiger partial charge in [-0.15, -0.1) is 0 Å². The van der Waals surface area contributed by atoms with E-state index >= 15 is 0 Å². The molecule has 0 radical (unpaired) electrons. The van der Waals surface area contributed by atoms with Crippen LogP contribution < -0.4 is 15.4 Å². The maximum atomic E-state index is 12.1. The first kappa shape index (κ1) is 13.9. The van der Waals surface area contributed by atoms with Crippen molar-refractivity contribution in [3.8, 4) is 5.75 Å². The largest absolute Gasteiger partial charge is 0.496 e. The van der Waals surface area contributed by atoms with Crippen molar-refractivity contribution < 1.29 is 9.53 Å². The molecule has 1 aromatic rings. The van der Waals surface area contributed by atoms with Gasteiger partial charge in [0, 0.05) is 29.1 Å². The van der Waals surface area contributed by atoms with E-state index in [-0.39, 0.29) is 5.91 Å². The van der Waals surface area contributed by atoms with Crippen LogP contribution in [0.4, 0.5) is 0 Å². The highest BCUT2D eigenvalue weighted by atomic mass is 127. The Hall–Kier alpha value is -0.530. The molecule has 98 valence electrons. The molecule has 1 fully saturated rings. The Morgan fingerprint density at radius 2 is 2.33 bits per heavy atom. The van der Waals surface area contributed by atoms with Gasteiger partial charge in [0.25, 0.3) is 5.91 Å². The molecular weight excluding hydrogens is 367 g/mol. The molecule has 6 heteroatoms. The van der Waals surface area contributed by atoms with E-state index in [1.165, 1.54) is 0 Å². The molecule has 0 atom stereocenters. The zero-order valence-corrected chi connectivity index (χ0v) is 12.8. The summed E-state index contributed by atoms with van der Waals surface area (Å²) in [5.74, 6) is 0.935. The number of hydrogen-bond donors (Lipinski definition) is 2. The molecule has 1 aromatic carbocycles. The number of rotatable bonds is 4. The summed E-state index contributed by atoms with van der Waals surface area (Å²) in [6.45, 7) is 2.61. The summed E-state index contributed by atoms with van der Waals surface area (Å²) in [6.07, 6.45) is 0. The number of hydrogen-bond acceptors (Lipinski definition) is 3. The lowest BCUT2D eigenvalue weighted by Crippen LogP contribution is -2.48. The summed E-state index contributed by atoms with van der Waals surface area (Å²) in [7, 11) is 1.55. The highest BCUT2D eigenvalue weighted by molar-refractivity contribution is 14.1. The summed E-state index contributed by atoms with van der Waals surface area (Å²) >= 11 is 8.14. The van der Waals surface area contributed by atoms with E-state index in [4.69, 9.17) is 16.3 Å². The molecule has 0 aliphatic carbocycles. The second-order valence-electron chi connectivity index (χ2n) is 4.20. The Balaban J connectivity index is 2.10. The van der Waals surface area contributed by atoms with Gasteiger partial charge in [0.2, 0.25) is 0 Å². The lowest BCUT2D eigenvalue weighted by molar-refractivity contribution is 0.0939. The molecule has 1 aliphatic heterocycles. The lowest BCUT2D eigenvalue weighted by atomic mass is 10.0. The number of benzene rings is 1. The van der Waals surface area contributed by atoms with Crippen LogP contribution in [0.3, 0.4) is 0 Å². The molecule has 18 heavy (non-hydrogen) atoms. The topological polar surface area (TPSA) is 50.4 Å². The van der Waals surface area contributed by atoms with Gasteiger partial charge >= 0.3 is 0 Å². The maximum Gasteiger partial charge on any atom is 0.255 e. The van der Waals surface area contributed by atoms with E-state index < -0.39 is 0 Å². The van der Waals surface area contributed by atoms with Crippen LogP contribution in [0, 0.1) is 9.49 Å². The number of nitrogens with one attached hydrogen (secondary N) is 2. The molecule has 4 nitrogen and oxygen atoms in total. The minimum Gasteiger partial charge on any atom is -0.496 e. The smallest absolute Gasteiger partial charge is 0.255 e. The third-order valence-electron chi connectivity index (χ3n) is 2.90. The van der Waals surface area contributed by atoms with Crippen molar-refractivity contribution in [1.29, 1.82) is 0 Å². The molecule has 2 N–H and O–H groups in total. The third kappa shape index (κ3) is 3.07. The molecule has 1 heterocycles. The van der Waals surface area contributed by atoms with Gasteiger partial charge in [0.05, 0.1) is 17.7 Å². The normalized spacial score (nSPS) is 15.1. The number of methoxy groups -OCH3 is 1. The van der Waals surface area contributed by atoms with Crippen molar-refractivity contribution in [3.63, 3.8) is 0 Å². The number of halogens is 2. The fourth-order valence-corrected chi connectivity index (χ4v) is 2.30. The number of carbonyl (C=O) groups is 1. The molecule has 0 bridgehead atoms. The summed E-state index contributed by atoms with van der Waals surface area (Å²) in [5, 5.41) is 6.63. The third-order valence-corrected chi connectivity index (χ3v) is 4.43. The Morgan fingerprint density at radius 3 is 2.89 bits per heavy atom. The fraction of sp³-hybridized carbons (Fsp3) is 0.417. The Labute approximate surface area is 125 Å². The fourth-order valence-electron chi connectivity index (χ4n) is 1.70. The minimum atomic E-state index is -0.142. The molecule has 0 aromatic heterocycles. The van der Waals surface area contributed by atoms with E-state index in [9.17, 15) is 4.79 Å². The van der Waals surface area contributed by atoms with Crippen LogP contribution in [-0.2, 0) is 0 Å². The van der Waals surface area contributed by atoms with E-state index in [0.717, 1.165) is 16.7 Å². The van der Waals surface area contributed by atoms with Crippen LogP contribution in [0.2, 0.25) is 5.02 Å². The summed E-state index contributed by atoms with van der Waals surface area (Å²) < 4.78 is 6.08. The number of carbonyl (C=O) groups excluding carboxylic acids is 1. The van der Waals surface area contributed by atoms with E-state index in [2.05, 4.69) is 33.2 Å². The summed E-state index contributed by atoms with van der Waals surface area (Å²) in [5.41, 5.74) is 0.482. The number of ether oxygens (including phenoxy) is 1. The number of amides is 1. The Morgan fingerprint density at radius 1 is 1.61 bits per heavy atom. The molecule has 0 saturated carbocycles. The van der Waals surface area contributed by atoms with E-state index in [1.54, 1.807) is 19.2 Å². The average Bonchev–Trinajstić information content (AvgIpc) is 2.29. The molecule has 2 rings (SSSR count). The first-order valence-electron chi connectivity index (χ1n) is 5.63. The van der Waals surface area contributed by atoms with Crippen LogP contribution in [-0.4, -0.2) is 32.7 Å². The predicted molar refractivity (Wildman–Crippen MR) is 79.4 cm³/mol. The van der Waals surface area contributed by atoms with Crippen molar-refractivity contribution in [3.05, 3.63) is 26.3 Å². The first-order chi connectivity index (χ1) is 8.61. The first-order valence-corrected chi connectivity index (χ1v) is 7.09. The van der Waals surface area contributed by atoms with Crippen molar-refractivity contribution >= 4 is 40.1 Å². The molecule has 0 unspecified atom stereocenters. The second-order valence-corrected chi connectivity index (χ2v) is 5.77. The van der Waals surface area contributed by atoms with Crippen molar-refractivity contribution in [2.75, 3.05) is 26.7 Å². The zero-order valence-electron chi connectivity index (χ0n) is 9.93. The van der Waals surface area contributed by atoms with Crippen LogP contribution in [0.1, 0.15) is 10.4 Å². The SMILES string of the molecule is COc1cc(I)c(Cl)cc1C(=O)NCC1CNC1.